The van der Waals surface area contributed by atoms with Crippen molar-refractivity contribution in [2.75, 3.05) is 13.0 Å². The van der Waals surface area contributed by atoms with Crippen LogP contribution in [0.25, 0.3) is 0 Å². The fourth-order valence-electron chi connectivity index (χ4n) is 0.953. The number of aromatic nitrogens is 1. The van der Waals surface area contributed by atoms with E-state index in [1.54, 1.807) is 11.8 Å². The van der Waals surface area contributed by atoms with E-state index >= 15 is 0 Å². The van der Waals surface area contributed by atoms with E-state index in [4.69, 9.17) is 9.47 Å². The molecule has 0 unspecified atom stereocenters. The van der Waals surface area contributed by atoms with Gasteiger partial charge in [0.15, 0.2) is 16.1 Å². The third-order valence-electron chi connectivity index (χ3n) is 1.50. The number of pyridine rings is 1. The van der Waals surface area contributed by atoms with Gasteiger partial charge in [0.2, 0.25) is 6.79 Å². The molecular weight excluding hydrogens is 242 g/mol. The highest BCUT2D eigenvalue weighted by Crippen LogP contribution is 2.39. The number of hydrogen-bond donors (Lipinski definition) is 0. The normalized spacial score (nSPS) is 13.5. The maximum Gasteiger partial charge on any atom is 0.231 e. The molecule has 2 rings (SSSR count). The van der Waals surface area contributed by atoms with Crippen molar-refractivity contribution in [1.82, 2.24) is 4.98 Å². The number of nitrogens with zero attached hydrogens (tertiary/aromatic N) is 1. The first-order valence-corrected chi connectivity index (χ1v) is 5.33. The predicted molar refractivity (Wildman–Crippen MR) is 49.8 cm³/mol. The summed E-state index contributed by atoms with van der Waals surface area (Å²) in [6.07, 6.45) is 1.97. The minimum atomic E-state index is 0.285. The number of halogens is 1. The van der Waals surface area contributed by atoms with E-state index in [0.29, 0.717) is 10.4 Å². The minimum absolute atomic E-state index is 0.285. The van der Waals surface area contributed by atoms with Gasteiger partial charge in [0, 0.05) is 6.07 Å². The van der Waals surface area contributed by atoms with Crippen LogP contribution in [0.4, 0.5) is 0 Å². The molecule has 12 heavy (non-hydrogen) atoms. The lowest BCUT2D eigenvalue weighted by Gasteiger charge is -2.00. The molecule has 3 nitrogen and oxygen atoms in total. The van der Waals surface area contributed by atoms with Crippen molar-refractivity contribution in [2.45, 2.75) is 5.03 Å². The van der Waals surface area contributed by atoms with Crippen LogP contribution in [0.2, 0.25) is 0 Å². The molecule has 0 radical (unpaired) electrons. The molecule has 0 spiro atoms. The van der Waals surface area contributed by atoms with E-state index in [1.807, 2.05) is 12.3 Å². The van der Waals surface area contributed by atoms with Crippen molar-refractivity contribution in [3.8, 4) is 11.5 Å². The molecule has 0 N–H and O–H groups in total. The number of ether oxygens (including phenoxy) is 2. The summed E-state index contributed by atoms with van der Waals surface area (Å²) in [6, 6.07) is 1.87. The Labute approximate surface area is 82.6 Å². The van der Waals surface area contributed by atoms with Crippen LogP contribution < -0.4 is 9.47 Å². The Morgan fingerprint density at radius 3 is 3.17 bits per heavy atom. The summed E-state index contributed by atoms with van der Waals surface area (Å²) in [5, 5.41) is 0.922. The van der Waals surface area contributed by atoms with E-state index in [0.717, 1.165) is 10.8 Å². The van der Waals surface area contributed by atoms with Crippen LogP contribution in [-0.4, -0.2) is 18.0 Å². The lowest BCUT2D eigenvalue weighted by Crippen LogP contribution is -1.93. The molecule has 0 bridgehead atoms. The van der Waals surface area contributed by atoms with Crippen molar-refractivity contribution >= 4 is 27.7 Å². The summed E-state index contributed by atoms with van der Waals surface area (Å²) >= 11 is 4.88. The van der Waals surface area contributed by atoms with Crippen molar-refractivity contribution in [1.29, 1.82) is 0 Å². The molecule has 0 fully saturated rings. The van der Waals surface area contributed by atoms with E-state index in [9.17, 15) is 0 Å². The predicted octanol–water partition coefficient (Wildman–Crippen LogP) is 2.29. The highest BCUT2D eigenvalue weighted by molar-refractivity contribution is 9.10. The molecule has 1 aliphatic rings. The fraction of sp³-hybridized carbons (Fsp3) is 0.286. The Hall–Kier alpha value is -0.420. The number of fused-ring (bicyclic) bond motifs is 1. The molecule has 0 aromatic carbocycles. The summed E-state index contributed by atoms with van der Waals surface area (Å²) < 4.78 is 11.1. The first-order chi connectivity index (χ1) is 5.81. The SMILES string of the molecule is CSc1cc2c(c(Br)n1)OCO2. The molecule has 0 amide bonds. The molecule has 0 saturated carbocycles. The van der Waals surface area contributed by atoms with Gasteiger partial charge in [0.05, 0.1) is 0 Å². The Morgan fingerprint density at radius 1 is 1.58 bits per heavy atom. The van der Waals surface area contributed by atoms with Gasteiger partial charge in [0.25, 0.3) is 0 Å². The second-order valence-corrected chi connectivity index (χ2v) is 3.77. The molecule has 1 aliphatic heterocycles. The van der Waals surface area contributed by atoms with E-state index in [2.05, 4.69) is 20.9 Å². The van der Waals surface area contributed by atoms with Crippen LogP contribution in [0.3, 0.4) is 0 Å². The highest BCUT2D eigenvalue weighted by Gasteiger charge is 2.18. The lowest BCUT2D eigenvalue weighted by atomic mass is 10.4. The molecule has 64 valence electrons. The summed E-state index contributed by atoms with van der Waals surface area (Å²) in [6.45, 7) is 0.285. The smallest absolute Gasteiger partial charge is 0.231 e. The zero-order chi connectivity index (χ0) is 8.55. The zero-order valence-electron chi connectivity index (χ0n) is 6.33. The number of rotatable bonds is 1. The van der Waals surface area contributed by atoms with Gasteiger partial charge in [-0.25, -0.2) is 4.98 Å². The average Bonchev–Trinajstić information content (AvgIpc) is 2.52. The summed E-state index contributed by atoms with van der Waals surface area (Å²) in [5.41, 5.74) is 0. The second-order valence-electron chi connectivity index (χ2n) is 2.19. The van der Waals surface area contributed by atoms with Gasteiger partial charge in [-0.2, -0.15) is 0 Å². The standard InChI is InChI=1S/C7H6BrNO2S/c1-12-5-2-4-6(7(8)9-5)11-3-10-4/h2H,3H2,1H3. The van der Waals surface area contributed by atoms with Crippen molar-refractivity contribution in [3.63, 3.8) is 0 Å². The van der Waals surface area contributed by atoms with Gasteiger partial charge >= 0.3 is 0 Å². The number of thioether (sulfide) groups is 1. The highest BCUT2D eigenvalue weighted by atomic mass is 79.9. The van der Waals surface area contributed by atoms with Gasteiger partial charge in [-0.15, -0.1) is 11.8 Å². The van der Waals surface area contributed by atoms with Gasteiger partial charge < -0.3 is 9.47 Å². The Morgan fingerprint density at radius 2 is 2.42 bits per heavy atom. The first-order valence-electron chi connectivity index (χ1n) is 3.31. The van der Waals surface area contributed by atoms with Crippen LogP contribution in [0.5, 0.6) is 11.5 Å². The van der Waals surface area contributed by atoms with Crippen LogP contribution in [0, 0.1) is 0 Å². The van der Waals surface area contributed by atoms with E-state index in [-0.39, 0.29) is 6.79 Å². The maximum absolute atomic E-state index is 5.22. The maximum atomic E-state index is 5.22. The molecule has 1 aromatic heterocycles. The molecule has 0 aliphatic carbocycles. The Bertz CT molecular complexity index is 319. The monoisotopic (exact) mass is 247 g/mol. The number of hydrogen-bond acceptors (Lipinski definition) is 4. The molecule has 5 heteroatoms. The second kappa shape index (κ2) is 3.14. The van der Waals surface area contributed by atoms with Gasteiger partial charge in [-0.05, 0) is 22.2 Å². The quantitative estimate of drug-likeness (QED) is 0.563. The topological polar surface area (TPSA) is 31.4 Å². The van der Waals surface area contributed by atoms with Crippen molar-refractivity contribution < 1.29 is 9.47 Å². The minimum Gasteiger partial charge on any atom is -0.453 e. The summed E-state index contributed by atoms with van der Waals surface area (Å²) in [5.74, 6) is 1.47. The third-order valence-corrected chi connectivity index (χ3v) is 2.67. The van der Waals surface area contributed by atoms with E-state index < -0.39 is 0 Å². The van der Waals surface area contributed by atoms with Crippen LogP contribution in [0.15, 0.2) is 15.7 Å². The van der Waals surface area contributed by atoms with Crippen molar-refractivity contribution in [3.05, 3.63) is 10.7 Å². The summed E-state index contributed by atoms with van der Waals surface area (Å²) in [4.78, 5) is 4.24. The molecule has 1 aromatic rings. The van der Waals surface area contributed by atoms with E-state index in [1.165, 1.54) is 0 Å². The van der Waals surface area contributed by atoms with Crippen LogP contribution in [0.1, 0.15) is 0 Å². The molecule has 2 heterocycles. The largest absolute Gasteiger partial charge is 0.453 e. The first kappa shape index (κ1) is 8.19. The van der Waals surface area contributed by atoms with Crippen molar-refractivity contribution in [2.24, 2.45) is 0 Å². The molecule has 0 saturated heterocycles. The van der Waals surface area contributed by atoms with Gasteiger partial charge in [-0.1, -0.05) is 0 Å². The van der Waals surface area contributed by atoms with Crippen LogP contribution in [-0.2, 0) is 0 Å². The third kappa shape index (κ3) is 1.27. The average molecular weight is 248 g/mol. The molecular formula is C7H6BrNO2S. The Balaban J connectivity index is 2.51. The molecule has 0 atom stereocenters. The summed E-state index contributed by atoms with van der Waals surface area (Å²) in [7, 11) is 0. The zero-order valence-corrected chi connectivity index (χ0v) is 8.74. The van der Waals surface area contributed by atoms with Gasteiger partial charge in [-0.3, -0.25) is 0 Å². The lowest BCUT2D eigenvalue weighted by molar-refractivity contribution is 0.173. The Kier molecular flexibility index (Phi) is 2.14. The van der Waals surface area contributed by atoms with Gasteiger partial charge in [0.1, 0.15) is 5.03 Å². The fourth-order valence-corrected chi connectivity index (χ4v) is 1.98. The van der Waals surface area contributed by atoms with Crippen LogP contribution >= 0.6 is 27.7 Å².